The average molecular weight is 524 g/mol. The number of ether oxygens (including phenoxy) is 1. The summed E-state index contributed by atoms with van der Waals surface area (Å²) in [5.41, 5.74) is 3.53. The molecule has 0 bridgehead atoms. The largest absolute Gasteiger partial charge is 0.381 e. The van der Waals surface area contributed by atoms with E-state index in [0.717, 1.165) is 53.5 Å². The van der Waals surface area contributed by atoms with Gasteiger partial charge in [-0.15, -0.1) is 0 Å². The van der Waals surface area contributed by atoms with Gasteiger partial charge in [-0.1, -0.05) is 29.8 Å². The maximum absolute atomic E-state index is 14.0. The van der Waals surface area contributed by atoms with Gasteiger partial charge < -0.3 is 25.3 Å². The maximum Gasteiger partial charge on any atom is 0.246 e. The Morgan fingerprint density at radius 2 is 1.97 bits per heavy atom. The van der Waals surface area contributed by atoms with Crippen molar-refractivity contribution in [2.75, 3.05) is 26.8 Å². The SMILES string of the molecule is CN[C@@H](C)C(=O)N[C@H](C(=O)N1CCC[C@H]1c1cc2ccnc(-c3ccccc3Cl)c2[nH]1)C1CCOCC1. The number of benzene rings is 1. The Kier molecular flexibility index (Phi) is 7.79. The van der Waals surface area contributed by atoms with Crippen molar-refractivity contribution in [3.63, 3.8) is 0 Å². The molecule has 37 heavy (non-hydrogen) atoms. The predicted octanol–water partition coefficient (Wildman–Crippen LogP) is 4.07. The Bertz CT molecular complexity index is 1270. The highest BCUT2D eigenvalue weighted by Crippen LogP contribution is 2.37. The van der Waals surface area contributed by atoms with Crippen LogP contribution in [0.2, 0.25) is 5.02 Å². The zero-order valence-corrected chi connectivity index (χ0v) is 22.1. The van der Waals surface area contributed by atoms with E-state index in [9.17, 15) is 9.59 Å². The first-order valence-corrected chi connectivity index (χ1v) is 13.4. The molecule has 1 aromatic carbocycles. The van der Waals surface area contributed by atoms with Crippen molar-refractivity contribution >= 4 is 34.3 Å². The van der Waals surface area contributed by atoms with E-state index >= 15 is 0 Å². The number of likely N-dealkylation sites (N-methyl/N-ethyl adjacent to an activating group) is 1. The van der Waals surface area contributed by atoms with Crippen LogP contribution in [0.3, 0.4) is 0 Å². The summed E-state index contributed by atoms with van der Waals surface area (Å²) in [6.45, 7) is 3.67. The molecule has 5 rings (SSSR count). The van der Waals surface area contributed by atoms with Crippen molar-refractivity contribution in [2.45, 2.75) is 50.7 Å². The van der Waals surface area contributed by atoms with E-state index in [2.05, 4.69) is 26.7 Å². The van der Waals surface area contributed by atoms with Gasteiger partial charge >= 0.3 is 0 Å². The Morgan fingerprint density at radius 1 is 1.19 bits per heavy atom. The molecular weight excluding hydrogens is 490 g/mol. The van der Waals surface area contributed by atoms with Crippen molar-refractivity contribution < 1.29 is 14.3 Å². The van der Waals surface area contributed by atoms with E-state index in [4.69, 9.17) is 16.3 Å². The van der Waals surface area contributed by atoms with Crippen molar-refractivity contribution in [1.82, 2.24) is 25.5 Å². The van der Waals surface area contributed by atoms with Gasteiger partial charge in [-0.05, 0) is 63.8 Å². The molecule has 2 fully saturated rings. The van der Waals surface area contributed by atoms with E-state index in [1.807, 2.05) is 35.2 Å². The number of H-pyrrole nitrogens is 1. The summed E-state index contributed by atoms with van der Waals surface area (Å²) >= 11 is 6.49. The Labute approximate surface area is 222 Å². The van der Waals surface area contributed by atoms with Gasteiger partial charge in [-0.2, -0.15) is 0 Å². The van der Waals surface area contributed by atoms with Gasteiger partial charge in [-0.3, -0.25) is 14.6 Å². The lowest BCUT2D eigenvalue weighted by atomic mass is 9.90. The molecule has 0 unspecified atom stereocenters. The first-order chi connectivity index (χ1) is 18.0. The lowest BCUT2D eigenvalue weighted by molar-refractivity contribution is -0.140. The molecule has 2 aliphatic rings. The summed E-state index contributed by atoms with van der Waals surface area (Å²) in [5.74, 6) is -0.132. The smallest absolute Gasteiger partial charge is 0.246 e. The molecule has 0 spiro atoms. The fraction of sp³-hybridized carbons (Fsp3) is 0.464. The monoisotopic (exact) mass is 523 g/mol. The number of hydrogen-bond donors (Lipinski definition) is 3. The molecule has 8 nitrogen and oxygen atoms in total. The lowest BCUT2D eigenvalue weighted by Gasteiger charge is -2.35. The number of hydrogen-bond acceptors (Lipinski definition) is 5. The average Bonchev–Trinajstić information content (AvgIpc) is 3.59. The Balaban J connectivity index is 1.45. The Morgan fingerprint density at radius 3 is 2.73 bits per heavy atom. The van der Waals surface area contributed by atoms with Gasteiger partial charge in [0.1, 0.15) is 6.04 Å². The van der Waals surface area contributed by atoms with Gasteiger partial charge in [0.25, 0.3) is 0 Å². The number of fused-ring (bicyclic) bond motifs is 1. The quantitative estimate of drug-likeness (QED) is 0.433. The van der Waals surface area contributed by atoms with Crippen LogP contribution >= 0.6 is 11.6 Å². The molecule has 196 valence electrons. The summed E-state index contributed by atoms with van der Waals surface area (Å²) in [5, 5.41) is 7.70. The summed E-state index contributed by atoms with van der Waals surface area (Å²) in [6.07, 6.45) is 5.05. The minimum Gasteiger partial charge on any atom is -0.381 e. The fourth-order valence-electron chi connectivity index (χ4n) is 5.49. The van der Waals surface area contributed by atoms with E-state index in [1.165, 1.54) is 0 Å². The number of nitrogens with one attached hydrogen (secondary N) is 3. The molecule has 3 N–H and O–H groups in total. The van der Waals surface area contributed by atoms with E-state index in [1.54, 1.807) is 20.2 Å². The molecule has 0 radical (unpaired) electrons. The predicted molar refractivity (Wildman–Crippen MR) is 144 cm³/mol. The van der Waals surface area contributed by atoms with Crippen LogP contribution in [0.15, 0.2) is 42.6 Å². The molecule has 0 saturated carbocycles. The summed E-state index contributed by atoms with van der Waals surface area (Å²) < 4.78 is 5.54. The lowest BCUT2D eigenvalue weighted by Crippen LogP contribution is -2.56. The molecule has 0 aliphatic carbocycles. The number of nitrogens with zero attached hydrogens (tertiary/aromatic N) is 2. The number of pyridine rings is 1. The van der Waals surface area contributed by atoms with Gasteiger partial charge in [0.2, 0.25) is 11.8 Å². The van der Waals surface area contributed by atoms with Crippen molar-refractivity contribution in [1.29, 1.82) is 0 Å². The number of rotatable bonds is 7. The summed E-state index contributed by atoms with van der Waals surface area (Å²) in [6, 6.07) is 10.7. The standard InChI is InChI=1S/C28H34ClN5O3/c1-17(30-2)27(35)33-25(18-10-14-37-15-11-18)28(36)34-13-5-8-23(34)22-16-19-9-12-31-26(24(19)32-22)20-6-3-4-7-21(20)29/h3-4,6-7,9,12,16-18,23,25,30,32H,5,8,10-11,13-15H2,1-2H3,(H,33,35)/t17-,23-,25-/m0/s1. The fourth-order valence-corrected chi connectivity index (χ4v) is 5.71. The number of carbonyl (C=O) groups excluding carboxylic acids is 2. The highest BCUT2D eigenvalue weighted by atomic mass is 35.5. The molecule has 9 heteroatoms. The molecule has 2 amide bonds. The number of likely N-dealkylation sites (tertiary alicyclic amines) is 1. The van der Waals surface area contributed by atoms with Crippen LogP contribution < -0.4 is 10.6 Å². The highest BCUT2D eigenvalue weighted by molar-refractivity contribution is 6.33. The van der Waals surface area contributed by atoms with Crippen LogP contribution in [-0.4, -0.2) is 65.6 Å². The number of halogens is 1. The third kappa shape index (κ3) is 5.23. The van der Waals surface area contributed by atoms with Crippen LogP contribution in [0, 0.1) is 5.92 Å². The molecule has 3 atom stereocenters. The second-order valence-electron chi connectivity index (χ2n) is 9.96. The highest BCUT2D eigenvalue weighted by Gasteiger charge is 2.39. The van der Waals surface area contributed by atoms with Crippen molar-refractivity contribution in [3.05, 3.63) is 53.3 Å². The van der Waals surface area contributed by atoms with Crippen LogP contribution in [0.25, 0.3) is 22.2 Å². The summed E-state index contributed by atoms with van der Waals surface area (Å²) in [4.78, 5) is 37.0. The number of aromatic amines is 1. The van der Waals surface area contributed by atoms with Gasteiger partial charge in [0, 0.05) is 42.6 Å². The van der Waals surface area contributed by atoms with Gasteiger partial charge in [0.15, 0.2) is 0 Å². The van der Waals surface area contributed by atoms with Gasteiger partial charge in [-0.25, -0.2) is 0 Å². The van der Waals surface area contributed by atoms with Crippen LogP contribution in [0.5, 0.6) is 0 Å². The normalized spacial score (nSPS) is 20.2. The minimum atomic E-state index is -0.572. The number of aromatic nitrogens is 2. The molecular formula is C28H34ClN5O3. The Hall–Kier alpha value is -2.94. The molecule has 4 heterocycles. The zero-order valence-electron chi connectivity index (χ0n) is 21.3. The van der Waals surface area contributed by atoms with Crippen LogP contribution in [-0.2, 0) is 14.3 Å². The van der Waals surface area contributed by atoms with Crippen molar-refractivity contribution in [3.8, 4) is 11.3 Å². The van der Waals surface area contributed by atoms with Crippen molar-refractivity contribution in [2.24, 2.45) is 5.92 Å². The molecule has 2 aromatic heterocycles. The molecule has 3 aromatic rings. The second kappa shape index (κ2) is 11.2. The maximum atomic E-state index is 14.0. The van der Waals surface area contributed by atoms with Crippen LogP contribution in [0.1, 0.15) is 44.3 Å². The van der Waals surface area contributed by atoms with E-state index in [0.29, 0.717) is 24.8 Å². The number of amides is 2. The zero-order chi connectivity index (χ0) is 25.9. The van der Waals surface area contributed by atoms with Gasteiger partial charge in [0.05, 0.1) is 28.3 Å². The first kappa shape index (κ1) is 25.7. The topological polar surface area (TPSA) is 99.4 Å². The molecule has 2 aliphatic heterocycles. The van der Waals surface area contributed by atoms with Crippen LogP contribution in [0.4, 0.5) is 0 Å². The third-order valence-corrected chi connectivity index (χ3v) is 8.04. The third-order valence-electron chi connectivity index (χ3n) is 7.71. The molecule has 2 saturated heterocycles. The summed E-state index contributed by atoms with van der Waals surface area (Å²) in [7, 11) is 1.74. The van der Waals surface area contributed by atoms with E-state index < -0.39 is 6.04 Å². The van der Waals surface area contributed by atoms with E-state index in [-0.39, 0.29) is 29.8 Å². The second-order valence-corrected chi connectivity index (χ2v) is 10.4. The first-order valence-electron chi connectivity index (χ1n) is 13.1. The number of carbonyl (C=O) groups is 2. The minimum absolute atomic E-state index is 0.0193.